The summed E-state index contributed by atoms with van der Waals surface area (Å²) in [5, 5.41) is 2.86. The molecule has 1 aromatic carbocycles. The quantitative estimate of drug-likeness (QED) is 0.750. The van der Waals surface area contributed by atoms with Gasteiger partial charge in [0.15, 0.2) is 0 Å². The van der Waals surface area contributed by atoms with Crippen LogP contribution in [0.5, 0.6) is 5.75 Å². The second kappa shape index (κ2) is 7.71. The molecule has 1 amide bonds. The fourth-order valence-electron chi connectivity index (χ4n) is 1.73. The minimum atomic E-state index is 0.00926. The molecule has 0 aliphatic carbocycles. The Kier molecular flexibility index (Phi) is 6.22. The highest BCUT2D eigenvalue weighted by Gasteiger charge is 2.08. The van der Waals surface area contributed by atoms with Crippen molar-refractivity contribution in [2.75, 3.05) is 27.4 Å². The number of amides is 1. The second-order valence-corrected chi connectivity index (χ2v) is 4.19. The van der Waals surface area contributed by atoms with Gasteiger partial charge in [0, 0.05) is 25.8 Å². The number of methoxy groups -OCH3 is 2. The summed E-state index contributed by atoms with van der Waals surface area (Å²) in [6.45, 7) is 3.30. The maximum absolute atomic E-state index is 11.7. The van der Waals surface area contributed by atoms with E-state index in [4.69, 9.17) is 9.47 Å². The van der Waals surface area contributed by atoms with Gasteiger partial charge in [-0.25, -0.2) is 0 Å². The first-order chi connectivity index (χ1) is 8.67. The summed E-state index contributed by atoms with van der Waals surface area (Å²) in [5.74, 6) is 0.766. The summed E-state index contributed by atoms with van der Waals surface area (Å²) in [6, 6.07) is 5.84. The Hall–Kier alpha value is -1.55. The molecule has 0 saturated carbocycles. The van der Waals surface area contributed by atoms with Crippen LogP contribution in [0.15, 0.2) is 18.2 Å². The van der Waals surface area contributed by atoms with E-state index in [9.17, 15) is 4.79 Å². The highest BCUT2D eigenvalue weighted by molar-refractivity contribution is 5.79. The van der Waals surface area contributed by atoms with Gasteiger partial charge >= 0.3 is 0 Å². The number of aryl methyl sites for hydroxylation is 1. The van der Waals surface area contributed by atoms with Crippen molar-refractivity contribution in [3.8, 4) is 5.75 Å². The van der Waals surface area contributed by atoms with Gasteiger partial charge < -0.3 is 14.8 Å². The van der Waals surface area contributed by atoms with Crippen molar-refractivity contribution in [3.05, 3.63) is 29.3 Å². The molecular formula is C14H21NO3. The van der Waals surface area contributed by atoms with E-state index in [1.165, 1.54) is 0 Å². The summed E-state index contributed by atoms with van der Waals surface area (Å²) in [4.78, 5) is 11.7. The molecule has 1 aromatic rings. The van der Waals surface area contributed by atoms with Crippen LogP contribution in [0.2, 0.25) is 0 Å². The van der Waals surface area contributed by atoms with E-state index in [-0.39, 0.29) is 5.91 Å². The molecule has 100 valence electrons. The van der Waals surface area contributed by atoms with Gasteiger partial charge in [-0.3, -0.25) is 4.79 Å². The van der Waals surface area contributed by atoms with E-state index < -0.39 is 0 Å². The molecule has 0 aromatic heterocycles. The third-order valence-electron chi connectivity index (χ3n) is 2.63. The van der Waals surface area contributed by atoms with E-state index in [1.807, 2.05) is 25.1 Å². The minimum absolute atomic E-state index is 0.00926. The number of hydrogen-bond donors (Lipinski definition) is 1. The van der Waals surface area contributed by atoms with Gasteiger partial charge in [-0.2, -0.15) is 0 Å². The average Bonchev–Trinajstić information content (AvgIpc) is 2.35. The second-order valence-electron chi connectivity index (χ2n) is 4.19. The number of carbonyl (C=O) groups is 1. The van der Waals surface area contributed by atoms with Gasteiger partial charge in [0.25, 0.3) is 0 Å². The molecule has 0 aliphatic rings. The van der Waals surface area contributed by atoms with E-state index in [2.05, 4.69) is 5.32 Å². The number of ether oxygens (including phenoxy) is 2. The summed E-state index contributed by atoms with van der Waals surface area (Å²) in [7, 11) is 3.27. The van der Waals surface area contributed by atoms with Gasteiger partial charge in [0.2, 0.25) is 5.91 Å². The molecule has 18 heavy (non-hydrogen) atoms. The predicted molar refractivity (Wildman–Crippen MR) is 70.9 cm³/mol. The maximum Gasteiger partial charge on any atom is 0.224 e. The van der Waals surface area contributed by atoms with Crippen LogP contribution in [0.4, 0.5) is 0 Å². The molecule has 0 bridgehead atoms. The summed E-state index contributed by atoms with van der Waals surface area (Å²) < 4.78 is 10.2. The Balaban J connectivity index is 2.50. The zero-order chi connectivity index (χ0) is 13.4. The van der Waals surface area contributed by atoms with Crippen LogP contribution in [0.3, 0.4) is 0 Å². The largest absolute Gasteiger partial charge is 0.496 e. The topological polar surface area (TPSA) is 47.6 Å². The summed E-state index contributed by atoms with van der Waals surface area (Å²) >= 11 is 0. The summed E-state index contributed by atoms with van der Waals surface area (Å²) in [6.07, 6.45) is 1.17. The molecule has 0 unspecified atom stereocenters. The Morgan fingerprint density at radius 2 is 2.11 bits per heavy atom. The molecule has 0 radical (unpaired) electrons. The van der Waals surface area contributed by atoms with Crippen LogP contribution in [0, 0.1) is 6.92 Å². The van der Waals surface area contributed by atoms with Crippen molar-refractivity contribution in [1.29, 1.82) is 0 Å². The number of rotatable bonds is 7. The lowest BCUT2D eigenvalue weighted by atomic mass is 10.1. The lowest BCUT2D eigenvalue weighted by molar-refractivity contribution is -0.120. The number of hydrogen-bond acceptors (Lipinski definition) is 3. The number of carbonyl (C=O) groups excluding carboxylic acids is 1. The van der Waals surface area contributed by atoms with E-state index >= 15 is 0 Å². The summed E-state index contributed by atoms with van der Waals surface area (Å²) in [5.41, 5.74) is 2.04. The highest BCUT2D eigenvalue weighted by atomic mass is 16.5. The first-order valence-corrected chi connectivity index (χ1v) is 6.06. The molecule has 1 rings (SSSR count). The van der Waals surface area contributed by atoms with Gasteiger partial charge in [0.05, 0.1) is 13.5 Å². The zero-order valence-electron chi connectivity index (χ0n) is 11.3. The standard InChI is InChI=1S/C14H21NO3/c1-11-5-6-13(18-3)12(9-11)10-14(16)15-7-4-8-17-2/h5-6,9H,4,7-8,10H2,1-3H3,(H,15,16). The van der Waals surface area contributed by atoms with Crippen LogP contribution in [0.25, 0.3) is 0 Å². The van der Waals surface area contributed by atoms with Crippen molar-refractivity contribution >= 4 is 5.91 Å². The molecule has 0 fully saturated rings. The molecule has 1 N–H and O–H groups in total. The van der Waals surface area contributed by atoms with Crippen molar-refractivity contribution in [3.63, 3.8) is 0 Å². The maximum atomic E-state index is 11.7. The van der Waals surface area contributed by atoms with Crippen LogP contribution >= 0.6 is 0 Å². The Labute approximate surface area is 108 Å². The number of benzene rings is 1. The molecule has 0 atom stereocenters. The van der Waals surface area contributed by atoms with Crippen molar-refractivity contribution in [1.82, 2.24) is 5.32 Å². The lowest BCUT2D eigenvalue weighted by Crippen LogP contribution is -2.26. The van der Waals surface area contributed by atoms with Gasteiger partial charge in [-0.1, -0.05) is 17.7 Å². The molecule has 4 heteroatoms. The third-order valence-corrected chi connectivity index (χ3v) is 2.63. The lowest BCUT2D eigenvalue weighted by Gasteiger charge is -2.10. The fraction of sp³-hybridized carbons (Fsp3) is 0.500. The number of nitrogens with one attached hydrogen (secondary N) is 1. The Morgan fingerprint density at radius 3 is 2.78 bits per heavy atom. The smallest absolute Gasteiger partial charge is 0.224 e. The molecule has 0 spiro atoms. The van der Waals surface area contributed by atoms with Gasteiger partial charge in [0.1, 0.15) is 5.75 Å². The Bertz CT molecular complexity index is 391. The van der Waals surface area contributed by atoms with Crippen molar-refractivity contribution in [2.24, 2.45) is 0 Å². The van der Waals surface area contributed by atoms with Crippen molar-refractivity contribution < 1.29 is 14.3 Å². The molecule has 0 heterocycles. The van der Waals surface area contributed by atoms with Crippen LogP contribution in [-0.2, 0) is 16.0 Å². The van der Waals surface area contributed by atoms with Crippen LogP contribution < -0.4 is 10.1 Å². The van der Waals surface area contributed by atoms with Crippen LogP contribution in [0.1, 0.15) is 17.5 Å². The highest BCUT2D eigenvalue weighted by Crippen LogP contribution is 2.19. The average molecular weight is 251 g/mol. The first kappa shape index (κ1) is 14.5. The molecule has 0 aliphatic heterocycles. The molecule has 0 saturated heterocycles. The zero-order valence-corrected chi connectivity index (χ0v) is 11.3. The first-order valence-electron chi connectivity index (χ1n) is 6.06. The Morgan fingerprint density at radius 1 is 1.33 bits per heavy atom. The van der Waals surface area contributed by atoms with E-state index in [0.717, 1.165) is 23.3 Å². The van der Waals surface area contributed by atoms with Gasteiger partial charge in [-0.05, 0) is 19.4 Å². The third kappa shape index (κ3) is 4.75. The van der Waals surface area contributed by atoms with Crippen molar-refractivity contribution in [2.45, 2.75) is 19.8 Å². The van der Waals surface area contributed by atoms with Gasteiger partial charge in [-0.15, -0.1) is 0 Å². The van der Waals surface area contributed by atoms with E-state index in [1.54, 1.807) is 14.2 Å². The minimum Gasteiger partial charge on any atom is -0.496 e. The SMILES string of the molecule is COCCCNC(=O)Cc1cc(C)ccc1OC. The monoisotopic (exact) mass is 251 g/mol. The molecule has 4 nitrogen and oxygen atoms in total. The van der Waals surface area contributed by atoms with Crippen LogP contribution in [-0.4, -0.2) is 33.3 Å². The predicted octanol–water partition coefficient (Wildman–Crippen LogP) is 1.70. The fourth-order valence-corrected chi connectivity index (χ4v) is 1.73. The molecular weight excluding hydrogens is 230 g/mol. The van der Waals surface area contributed by atoms with E-state index in [0.29, 0.717) is 19.6 Å². The normalized spacial score (nSPS) is 10.2.